The molecule has 0 atom stereocenters. The fraction of sp³-hybridized carbons (Fsp3) is 0.111. The summed E-state index contributed by atoms with van der Waals surface area (Å²) in [5.74, 6) is -0.379. The molecule has 0 aliphatic carbocycles. The Hall–Kier alpha value is -3.79. The Balaban J connectivity index is 1.64. The molecule has 0 unspecified atom stereocenters. The topological polar surface area (TPSA) is 140 Å². The maximum Gasteiger partial charge on any atom is 0.322 e. The van der Waals surface area contributed by atoms with Crippen LogP contribution in [0.15, 0.2) is 52.9 Å². The van der Waals surface area contributed by atoms with E-state index in [1.807, 2.05) is 0 Å². The Bertz CT molecular complexity index is 1030. The van der Waals surface area contributed by atoms with Gasteiger partial charge in [-0.05, 0) is 36.4 Å². The third-order valence-electron chi connectivity index (χ3n) is 3.72. The number of hydrogen-bond donors (Lipinski definition) is 2. The van der Waals surface area contributed by atoms with Crippen LogP contribution in [0.5, 0.6) is 0 Å². The quantitative estimate of drug-likeness (QED) is 0.342. The summed E-state index contributed by atoms with van der Waals surface area (Å²) in [5.41, 5.74) is 1.26. The van der Waals surface area contributed by atoms with Gasteiger partial charge in [-0.1, -0.05) is 5.10 Å². The number of halogens is 1. The second-order valence-corrected chi connectivity index (χ2v) is 6.11. The predicted octanol–water partition coefficient (Wildman–Crippen LogP) is 3.46. The number of anilines is 2. The highest BCUT2D eigenvalue weighted by molar-refractivity contribution is 6.19. The van der Waals surface area contributed by atoms with Crippen molar-refractivity contribution in [3.8, 4) is 11.5 Å². The van der Waals surface area contributed by atoms with Crippen LogP contribution in [0.1, 0.15) is 16.8 Å². The van der Waals surface area contributed by atoms with Crippen LogP contribution < -0.4 is 10.6 Å². The van der Waals surface area contributed by atoms with Crippen molar-refractivity contribution < 1.29 is 18.9 Å². The van der Waals surface area contributed by atoms with E-state index in [-0.39, 0.29) is 35.8 Å². The molecule has 148 valence electrons. The molecule has 0 fully saturated rings. The first-order valence-electron chi connectivity index (χ1n) is 8.32. The molecule has 0 aliphatic rings. The first-order chi connectivity index (χ1) is 14.0. The van der Waals surface area contributed by atoms with Gasteiger partial charge in [-0.25, -0.2) is 0 Å². The minimum atomic E-state index is -0.516. The van der Waals surface area contributed by atoms with Crippen molar-refractivity contribution in [2.45, 2.75) is 6.42 Å². The molecular weight excluding hydrogens is 402 g/mol. The van der Waals surface area contributed by atoms with Gasteiger partial charge >= 0.3 is 6.01 Å². The summed E-state index contributed by atoms with van der Waals surface area (Å²) < 4.78 is 5.37. The van der Waals surface area contributed by atoms with Crippen molar-refractivity contribution in [1.82, 2.24) is 10.2 Å². The van der Waals surface area contributed by atoms with Gasteiger partial charge < -0.3 is 9.73 Å². The number of carbonyl (C=O) groups excluding carboxylic acids is 2. The lowest BCUT2D eigenvalue weighted by Crippen LogP contribution is -2.13. The molecule has 10 nitrogen and oxygen atoms in total. The molecule has 2 aromatic carbocycles. The van der Waals surface area contributed by atoms with E-state index in [2.05, 4.69) is 20.8 Å². The normalized spacial score (nSPS) is 10.4. The Morgan fingerprint density at radius 3 is 2.34 bits per heavy atom. The average molecular weight is 416 g/mol. The summed E-state index contributed by atoms with van der Waals surface area (Å²) in [7, 11) is 0. The van der Waals surface area contributed by atoms with Gasteiger partial charge in [0.2, 0.25) is 11.8 Å². The number of aromatic nitrogens is 2. The van der Waals surface area contributed by atoms with Crippen LogP contribution in [0.2, 0.25) is 0 Å². The molecule has 0 bridgehead atoms. The van der Waals surface area contributed by atoms with E-state index in [4.69, 9.17) is 16.0 Å². The number of amides is 2. The number of rotatable bonds is 7. The Morgan fingerprint density at radius 1 is 1.03 bits per heavy atom. The number of alkyl halides is 1. The third kappa shape index (κ3) is 5.14. The highest BCUT2D eigenvalue weighted by atomic mass is 35.5. The van der Waals surface area contributed by atoms with E-state index in [0.717, 1.165) is 0 Å². The first-order valence-corrected chi connectivity index (χ1v) is 8.85. The van der Waals surface area contributed by atoms with Crippen LogP contribution >= 0.6 is 11.6 Å². The van der Waals surface area contributed by atoms with E-state index < -0.39 is 10.8 Å². The summed E-state index contributed by atoms with van der Waals surface area (Å²) in [6, 6.07) is 11.6. The highest BCUT2D eigenvalue weighted by Gasteiger charge is 2.14. The predicted molar refractivity (Wildman–Crippen MR) is 105 cm³/mol. The SMILES string of the molecule is O=C(CCCl)Nc1ccc(C(=O)Nc2nnc(-c3ccc([N+](=O)[O-])cc3)o2)cc1. The molecule has 11 heteroatoms. The summed E-state index contributed by atoms with van der Waals surface area (Å²) in [5, 5.41) is 23.4. The molecule has 29 heavy (non-hydrogen) atoms. The molecule has 0 radical (unpaired) electrons. The molecule has 0 saturated carbocycles. The van der Waals surface area contributed by atoms with Crippen LogP contribution in [0.25, 0.3) is 11.5 Å². The smallest absolute Gasteiger partial charge is 0.322 e. The second kappa shape index (κ2) is 8.93. The minimum Gasteiger partial charge on any atom is -0.403 e. The molecule has 3 rings (SSSR count). The monoisotopic (exact) mass is 415 g/mol. The van der Waals surface area contributed by atoms with Gasteiger partial charge in [0.25, 0.3) is 11.6 Å². The van der Waals surface area contributed by atoms with E-state index in [0.29, 0.717) is 16.8 Å². The van der Waals surface area contributed by atoms with Crippen molar-refractivity contribution in [3.05, 3.63) is 64.2 Å². The summed E-state index contributed by atoms with van der Waals surface area (Å²) in [4.78, 5) is 34.0. The maximum atomic E-state index is 12.3. The largest absolute Gasteiger partial charge is 0.403 e. The summed E-state index contributed by atoms with van der Waals surface area (Å²) >= 11 is 5.51. The lowest BCUT2D eigenvalue weighted by atomic mass is 10.2. The number of hydrogen-bond acceptors (Lipinski definition) is 7. The van der Waals surface area contributed by atoms with Gasteiger partial charge in [0.05, 0.1) is 4.92 Å². The fourth-order valence-corrected chi connectivity index (χ4v) is 2.47. The number of nitrogens with one attached hydrogen (secondary N) is 2. The fourth-order valence-electron chi connectivity index (χ4n) is 2.30. The zero-order valence-corrected chi connectivity index (χ0v) is 15.5. The van der Waals surface area contributed by atoms with Gasteiger partial charge in [-0.3, -0.25) is 25.0 Å². The number of carbonyl (C=O) groups is 2. The van der Waals surface area contributed by atoms with Gasteiger partial charge in [-0.15, -0.1) is 16.7 Å². The first kappa shape index (κ1) is 20.0. The van der Waals surface area contributed by atoms with Crippen LogP contribution in [0, 0.1) is 10.1 Å². The van der Waals surface area contributed by atoms with Gasteiger partial charge in [0.15, 0.2) is 0 Å². The number of nitro groups is 1. The number of nitro benzene ring substituents is 1. The van der Waals surface area contributed by atoms with Gasteiger partial charge in [-0.2, -0.15) is 0 Å². The Labute approximate surface area is 169 Å². The van der Waals surface area contributed by atoms with Gasteiger partial charge in [0, 0.05) is 41.2 Å². The average Bonchev–Trinajstić information content (AvgIpc) is 3.17. The molecule has 3 aromatic rings. The minimum absolute atomic E-state index is 0.0657. The molecule has 1 aromatic heterocycles. The summed E-state index contributed by atoms with van der Waals surface area (Å²) in [6.45, 7) is 0. The van der Waals surface area contributed by atoms with Crippen LogP contribution in [-0.2, 0) is 4.79 Å². The maximum absolute atomic E-state index is 12.3. The molecule has 0 spiro atoms. The van der Waals surface area contributed by atoms with Crippen molar-refractivity contribution in [3.63, 3.8) is 0 Å². The lowest BCUT2D eigenvalue weighted by molar-refractivity contribution is -0.384. The Morgan fingerprint density at radius 2 is 1.72 bits per heavy atom. The summed E-state index contributed by atoms with van der Waals surface area (Å²) in [6.07, 6.45) is 0.193. The van der Waals surface area contributed by atoms with Gasteiger partial charge in [0.1, 0.15) is 0 Å². The number of benzene rings is 2. The second-order valence-electron chi connectivity index (χ2n) is 5.73. The number of non-ortho nitro benzene ring substituents is 1. The Kier molecular flexibility index (Phi) is 6.15. The van der Waals surface area contributed by atoms with Crippen LogP contribution in [-0.4, -0.2) is 32.8 Å². The van der Waals surface area contributed by atoms with Crippen molar-refractivity contribution in [2.75, 3.05) is 16.5 Å². The van der Waals surface area contributed by atoms with Crippen LogP contribution in [0.4, 0.5) is 17.4 Å². The molecule has 2 amide bonds. The van der Waals surface area contributed by atoms with Crippen molar-refractivity contribution >= 4 is 40.8 Å². The molecular formula is C18H14ClN5O5. The zero-order chi connectivity index (χ0) is 20.8. The van der Waals surface area contributed by atoms with Crippen LogP contribution in [0.3, 0.4) is 0 Å². The standard InChI is InChI=1S/C18H14ClN5O5/c19-10-9-15(25)20-13-5-1-11(2-6-13)16(26)21-18-23-22-17(29-18)12-3-7-14(8-4-12)24(27)28/h1-8H,9-10H2,(H,20,25)(H,21,23,26). The molecule has 0 saturated heterocycles. The molecule has 1 heterocycles. The van der Waals surface area contributed by atoms with Crippen molar-refractivity contribution in [2.24, 2.45) is 0 Å². The van der Waals surface area contributed by atoms with E-state index >= 15 is 0 Å². The lowest BCUT2D eigenvalue weighted by Gasteiger charge is -2.05. The molecule has 2 N–H and O–H groups in total. The van der Waals surface area contributed by atoms with E-state index in [1.54, 1.807) is 12.1 Å². The van der Waals surface area contributed by atoms with E-state index in [9.17, 15) is 19.7 Å². The number of nitrogens with zero attached hydrogens (tertiary/aromatic N) is 3. The third-order valence-corrected chi connectivity index (χ3v) is 3.91. The molecule has 0 aliphatic heterocycles. The highest BCUT2D eigenvalue weighted by Crippen LogP contribution is 2.23. The van der Waals surface area contributed by atoms with Crippen molar-refractivity contribution in [1.29, 1.82) is 0 Å². The zero-order valence-electron chi connectivity index (χ0n) is 14.8. The van der Waals surface area contributed by atoms with E-state index in [1.165, 1.54) is 36.4 Å².